The number of phenols is 1. The molecule has 7 aromatic carbocycles. The SMILES string of the molecule is Cc1cc2ccc1Oc1cc3cc(c1O[C@@H]1O[C@H](CO)[C@@H](O)[C@H](O)[C@H]1O[C@H]1C[C@](C)(NC(=O)OCc4ccc([N+](=O)[O-])cc4)[C@H](O)[C@H](C)O1)Oc1ccc(cc1Cl)[C@@H](O)[C@@H]1NC(=O)[C@H](NC(=O)[C@@H]3NC(=O)[C@H](CC(N)=O)NC(=O)[C@H](NC(=O)[C@@H](CC(C)C)N(C)C(=O)OCc3ccc([N+](=O)[O-])cc3)[C@@H]2O)c2ccc3c(c2)-c2c(cc(O)cc2C3(O)O)[C@@H](C(=O)NC2C3CC4CC(C3)CC2C4)NC1=O. The highest BCUT2D eigenvalue weighted by atomic mass is 35.5. The number of likely N-dealkylation sites (N-methyl/N-ethyl adjacent to an activating group) is 1. The van der Waals surface area contributed by atoms with Crippen molar-refractivity contribution in [3.63, 3.8) is 0 Å². The Morgan fingerprint density at radius 1 is 0.659 bits per heavy atom. The lowest BCUT2D eigenvalue weighted by molar-refractivity contribution is -0.385. The average molecular weight is 1930 g/mol. The predicted molar refractivity (Wildman–Crippen MR) is 476 cm³/mol. The van der Waals surface area contributed by atoms with Crippen molar-refractivity contribution in [3.05, 3.63) is 208 Å². The Morgan fingerprint density at radius 2 is 1.25 bits per heavy atom. The molecule has 138 heavy (non-hydrogen) atoms. The number of nitrogens with zero attached hydrogens (tertiary/aromatic N) is 3. The minimum Gasteiger partial charge on any atom is -0.508 e. The summed E-state index contributed by atoms with van der Waals surface area (Å²) in [6, 6.07) is 9.87. The number of non-ortho nitro benzene ring substituents is 2. The highest BCUT2D eigenvalue weighted by Crippen LogP contribution is 2.56. The van der Waals surface area contributed by atoms with Crippen molar-refractivity contribution >= 4 is 82.4 Å². The standard InChI is InChI=1S/C94H103ClN12O31/c1-39(2)21-61(105(6)92(124)132-38-43-9-16-53(17-10-43)107(129)130)84(117)102-74-76(111)47-12-19-62(40(3)22-47)134-64-30-51-31-65(80(64)138-90-81(79(114)78(113)66(36-108)136-90)137-68-35-93(5,82(115)41(4)133-68)104-91(123)131-37-42-7-14-52(15-8-42)106(127)128)135-63-20-13-48(29-59(63)95)77(112)75-89(122)101-73(87(120)98-70-49-24-44-23-45(26-49)27-50(70)25-44)56-32-54(109)33-58-69(56)55-28-46(11-18-57(55)94(58,125)126)71(85(118)103-75)100-86(119)72(51)99-83(116)60(34-67(96)110)97-88(74)121/h7-20,22,28-33,39,41,44-45,49-50,60-61,66,68,70-79,81-82,90,108-109,111-115,125-126H,21,23-27,34-38H2,1-6H3,(H2,96,110)(H,97,121)(H,98,120)(H,99,116)(H,100,119)(H,101,122)(H,102,117)(H,103,118)(H,104,123)/t41-,44?,45?,49?,50?,60-,61+,66+,68-,70?,71+,72+,73-,74+,75-,76+,77+,78+,79-,81+,82+,90-,93-/m0/s1. The van der Waals surface area contributed by atoms with Crippen LogP contribution in [0, 0.1) is 56.7 Å². The van der Waals surface area contributed by atoms with Crippen LogP contribution < -0.4 is 62.5 Å². The van der Waals surface area contributed by atoms with Crippen LogP contribution >= 0.6 is 11.6 Å². The number of nitro groups is 2. The van der Waals surface area contributed by atoms with Crippen LogP contribution in [0.3, 0.4) is 0 Å². The van der Waals surface area contributed by atoms with E-state index in [4.69, 9.17) is 55.2 Å². The van der Waals surface area contributed by atoms with Gasteiger partial charge < -0.3 is 132 Å². The molecule has 10 amide bonds. The molecule has 19 rings (SSSR count). The number of nitro benzene ring substituents is 2. The van der Waals surface area contributed by atoms with Gasteiger partial charge in [-0.05, 0) is 223 Å². The van der Waals surface area contributed by atoms with E-state index in [2.05, 4.69) is 42.5 Å². The summed E-state index contributed by atoms with van der Waals surface area (Å²) in [5.41, 5.74) is 1.94. The highest BCUT2D eigenvalue weighted by molar-refractivity contribution is 6.32. The lowest BCUT2D eigenvalue weighted by Crippen LogP contribution is -2.66. The molecular formula is C94H103ClN12O31. The van der Waals surface area contributed by atoms with E-state index in [1.165, 1.54) is 119 Å². The summed E-state index contributed by atoms with van der Waals surface area (Å²) in [7, 11) is 1.20. The number of aliphatic hydroxyl groups excluding tert-OH is 6. The number of aliphatic hydroxyl groups is 8. The lowest BCUT2D eigenvalue weighted by Gasteiger charge is -2.54. The van der Waals surface area contributed by atoms with Crippen molar-refractivity contribution in [2.75, 3.05) is 13.7 Å². The molecule has 7 aromatic rings. The second-order valence-electron chi connectivity index (χ2n) is 37.2. The van der Waals surface area contributed by atoms with Crippen LogP contribution in [0.2, 0.25) is 5.02 Å². The van der Waals surface area contributed by atoms with Crippen LogP contribution in [0.15, 0.2) is 127 Å². The molecule has 0 spiro atoms. The molecule has 0 unspecified atom stereocenters. The van der Waals surface area contributed by atoms with Gasteiger partial charge in [0.25, 0.3) is 11.4 Å². The van der Waals surface area contributed by atoms with Crippen LogP contribution in [0.4, 0.5) is 21.0 Å². The summed E-state index contributed by atoms with van der Waals surface area (Å²) in [4.78, 5) is 175. The van der Waals surface area contributed by atoms with Crippen molar-refractivity contribution in [2.24, 2.45) is 35.3 Å². The molecule has 7 heterocycles. The normalized spacial score (nSPS) is 29.0. The van der Waals surface area contributed by atoms with E-state index in [1.54, 1.807) is 13.8 Å². The fourth-order valence-corrected chi connectivity index (χ4v) is 20.5. The zero-order valence-electron chi connectivity index (χ0n) is 75.0. The molecule has 4 saturated carbocycles. The molecule has 19 N–H and O–H groups in total. The Labute approximate surface area is 790 Å². The van der Waals surface area contributed by atoms with Crippen molar-refractivity contribution in [1.29, 1.82) is 0 Å². The van der Waals surface area contributed by atoms with Gasteiger partial charge in [-0.2, -0.15) is 0 Å². The number of aryl methyl sites for hydroxylation is 1. The number of fused-ring (bicyclic) bond motifs is 12. The number of amides is 10. The zero-order chi connectivity index (χ0) is 98.9. The van der Waals surface area contributed by atoms with Crippen LogP contribution in [0.1, 0.15) is 165 Å². The van der Waals surface area contributed by atoms with E-state index < -0.39 is 274 Å². The first-order valence-electron chi connectivity index (χ1n) is 44.8. The van der Waals surface area contributed by atoms with Gasteiger partial charge in [-0.3, -0.25) is 63.5 Å². The fraction of sp³-hybridized carbons (Fsp3) is 0.447. The summed E-state index contributed by atoms with van der Waals surface area (Å²) in [6.07, 6.45) is -18.9. The molecule has 12 aliphatic rings. The van der Waals surface area contributed by atoms with Gasteiger partial charge in [-0.25, -0.2) is 9.59 Å². The Balaban J connectivity index is 0.835. The van der Waals surface area contributed by atoms with E-state index in [1.807, 2.05) is 0 Å². The first-order chi connectivity index (χ1) is 65.5. The summed E-state index contributed by atoms with van der Waals surface area (Å²) >= 11 is 7.32. The van der Waals surface area contributed by atoms with E-state index in [9.17, 15) is 80.6 Å². The smallest absolute Gasteiger partial charge is 0.410 e. The van der Waals surface area contributed by atoms with Crippen LogP contribution in [0.5, 0.6) is 34.5 Å². The van der Waals surface area contributed by atoms with Gasteiger partial charge >= 0.3 is 12.2 Å². The largest absolute Gasteiger partial charge is 0.508 e. The van der Waals surface area contributed by atoms with Crippen molar-refractivity contribution in [2.45, 2.75) is 220 Å². The third kappa shape index (κ3) is 20.0. The lowest BCUT2D eigenvalue weighted by atomic mass is 9.54. The molecule has 44 heteroatoms. The van der Waals surface area contributed by atoms with Gasteiger partial charge in [0.05, 0.1) is 39.5 Å². The van der Waals surface area contributed by atoms with Crippen molar-refractivity contribution in [3.8, 4) is 45.6 Å². The molecule has 15 bridgehead atoms. The maximum absolute atomic E-state index is 16.7. The minimum absolute atomic E-state index is 0.0403. The summed E-state index contributed by atoms with van der Waals surface area (Å²) < 4.78 is 50.7. The van der Waals surface area contributed by atoms with Crippen LogP contribution in [-0.2, 0) is 81.0 Å². The third-order valence-electron chi connectivity index (χ3n) is 27.1. The number of halogens is 1. The number of phenolic OH excluding ortho intramolecular Hbond substituents is 1. The number of aromatic hydroxyl groups is 1. The predicted octanol–water partition coefficient (Wildman–Crippen LogP) is 4.54. The molecule has 2 saturated heterocycles. The molecule has 732 valence electrons. The number of ether oxygens (including phenoxy) is 8. The first kappa shape index (κ1) is 97.8. The first-order valence-corrected chi connectivity index (χ1v) is 45.1. The zero-order valence-corrected chi connectivity index (χ0v) is 75.7. The number of benzene rings is 7. The van der Waals surface area contributed by atoms with Gasteiger partial charge in [-0.1, -0.05) is 49.7 Å². The number of carbonyl (C=O) groups is 10. The third-order valence-corrected chi connectivity index (χ3v) is 27.4. The molecule has 18 atom stereocenters. The second-order valence-corrected chi connectivity index (χ2v) is 37.6. The molecule has 5 aliphatic carbocycles. The molecule has 7 aliphatic heterocycles. The Morgan fingerprint density at radius 3 is 1.86 bits per heavy atom. The van der Waals surface area contributed by atoms with E-state index in [-0.39, 0.29) is 79.9 Å². The van der Waals surface area contributed by atoms with Crippen LogP contribution in [-0.4, -0.2) is 219 Å². The monoisotopic (exact) mass is 1930 g/mol. The molecule has 43 nitrogen and oxygen atoms in total. The number of nitrogens with one attached hydrogen (secondary N) is 8. The van der Waals surface area contributed by atoms with Gasteiger partial charge in [0.2, 0.25) is 65.1 Å². The highest BCUT2D eigenvalue weighted by Gasteiger charge is 2.55. The Bertz CT molecular complexity index is 5960. The second kappa shape index (κ2) is 39.3. The topological polar surface area (TPSA) is 638 Å². The Hall–Kier alpha value is -13.3. The maximum atomic E-state index is 16.7. The Kier molecular flexibility index (Phi) is 27.8. The molecular weight excluding hydrogens is 1830 g/mol. The van der Waals surface area contributed by atoms with Crippen LogP contribution in [0.25, 0.3) is 11.1 Å². The van der Waals surface area contributed by atoms with Gasteiger partial charge in [0, 0.05) is 54.9 Å². The molecule has 0 radical (unpaired) electrons. The average Bonchev–Trinajstić information content (AvgIpc) is 1.55. The van der Waals surface area contributed by atoms with E-state index >= 15 is 33.6 Å². The maximum Gasteiger partial charge on any atom is 0.410 e. The summed E-state index contributed by atoms with van der Waals surface area (Å²) in [5, 5.41) is 153. The number of hydrogen-bond acceptors (Lipinski definition) is 31. The number of nitrogens with two attached hydrogens (primary N) is 1. The quantitative estimate of drug-likeness (QED) is 0.0267. The van der Waals surface area contributed by atoms with E-state index in [0.29, 0.717) is 23.0 Å². The number of primary amides is 1. The van der Waals surface area contributed by atoms with E-state index in [0.717, 1.165) is 73.4 Å². The number of carbonyl (C=O) groups excluding carboxylic acids is 10. The molecule has 0 aromatic heterocycles. The number of hydrogen-bond donors (Lipinski definition) is 18. The fourth-order valence-electron chi connectivity index (χ4n) is 20.2. The summed E-state index contributed by atoms with van der Waals surface area (Å²) in [5.74, 6) is -16.0. The van der Waals surface area contributed by atoms with Gasteiger partial charge in [0.1, 0.15) is 109 Å². The number of alkyl carbamates (subject to hydrolysis) is 1. The van der Waals surface area contributed by atoms with Gasteiger partial charge in [0.15, 0.2) is 23.9 Å². The van der Waals surface area contributed by atoms with Crippen molar-refractivity contribution in [1.82, 2.24) is 47.4 Å². The van der Waals surface area contributed by atoms with Crippen molar-refractivity contribution < 1.29 is 142 Å². The van der Waals surface area contributed by atoms with Gasteiger partial charge in [-0.15, -0.1) is 0 Å². The summed E-state index contributed by atoms with van der Waals surface area (Å²) in [6.45, 7) is 5.71. The minimum atomic E-state index is -3.02. The molecule has 6 fully saturated rings. The number of rotatable bonds is 21.